The van der Waals surface area contributed by atoms with Gasteiger partial charge >= 0.3 is 5.97 Å². The summed E-state index contributed by atoms with van der Waals surface area (Å²) in [6.07, 6.45) is 2.47. The van der Waals surface area contributed by atoms with Gasteiger partial charge in [0, 0.05) is 12.7 Å². The molecule has 12 heteroatoms. The van der Waals surface area contributed by atoms with Crippen LogP contribution in [0.4, 0.5) is 0 Å². The molecule has 44 heavy (non-hydrogen) atoms. The first-order valence-electron chi connectivity index (χ1n) is 14.1. The Morgan fingerprint density at radius 2 is 1.89 bits per heavy atom. The Balaban J connectivity index is 1.92. The Kier molecular flexibility index (Phi) is 11.2. The van der Waals surface area contributed by atoms with Crippen LogP contribution in [0.2, 0.25) is 0 Å². The smallest absolute Gasteiger partial charge is 0.338 e. The van der Waals surface area contributed by atoms with Gasteiger partial charge in [-0.1, -0.05) is 36.5 Å². The lowest BCUT2D eigenvalue weighted by Crippen LogP contribution is -2.40. The van der Waals surface area contributed by atoms with E-state index in [9.17, 15) is 9.59 Å². The second-order valence-corrected chi connectivity index (χ2v) is 10.5. The highest BCUT2D eigenvalue weighted by Gasteiger charge is 2.36. The molecular weight excluding hydrogens is 586 g/mol. The number of hydrogen-bond donors (Lipinski definition) is 0. The van der Waals surface area contributed by atoms with Crippen LogP contribution in [0.3, 0.4) is 0 Å². The summed E-state index contributed by atoms with van der Waals surface area (Å²) in [5.41, 5.74) is 1.54. The molecule has 0 unspecified atom stereocenters. The molecule has 0 radical (unpaired) electrons. The molecule has 2 aromatic carbocycles. The number of rotatable bonds is 14. The van der Waals surface area contributed by atoms with Gasteiger partial charge in [0.1, 0.15) is 18.7 Å². The lowest BCUT2D eigenvalue weighted by Gasteiger charge is -2.27. The van der Waals surface area contributed by atoms with Gasteiger partial charge < -0.3 is 28.4 Å². The van der Waals surface area contributed by atoms with Crippen molar-refractivity contribution in [3.63, 3.8) is 0 Å². The van der Waals surface area contributed by atoms with E-state index in [4.69, 9.17) is 33.7 Å². The molecule has 1 aliphatic heterocycles. The van der Waals surface area contributed by atoms with Crippen LogP contribution in [0.15, 0.2) is 57.5 Å². The number of nitriles is 1. The predicted molar refractivity (Wildman–Crippen MR) is 164 cm³/mol. The number of esters is 1. The van der Waals surface area contributed by atoms with Crippen molar-refractivity contribution in [2.24, 2.45) is 4.99 Å². The first kappa shape index (κ1) is 32.3. The number of para-hydroxylation sites is 1. The molecular formula is C32H35N3O8S. The first-order chi connectivity index (χ1) is 21.4. The van der Waals surface area contributed by atoms with Crippen LogP contribution in [0, 0.1) is 11.3 Å². The fourth-order valence-corrected chi connectivity index (χ4v) is 5.75. The number of benzene rings is 2. The van der Waals surface area contributed by atoms with Crippen LogP contribution in [0.25, 0.3) is 6.08 Å². The molecule has 0 fully saturated rings. The molecule has 0 N–H and O–H groups in total. The Bertz CT molecular complexity index is 1750. The minimum atomic E-state index is -0.897. The van der Waals surface area contributed by atoms with E-state index in [1.807, 2.05) is 26.0 Å². The summed E-state index contributed by atoms with van der Waals surface area (Å²) in [6.45, 7) is 6.48. The highest BCUT2D eigenvalue weighted by atomic mass is 32.1. The zero-order valence-electron chi connectivity index (χ0n) is 25.4. The van der Waals surface area contributed by atoms with E-state index in [2.05, 4.69) is 4.99 Å². The Morgan fingerprint density at radius 3 is 2.59 bits per heavy atom. The number of hydrogen-bond acceptors (Lipinski definition) is 11. The van der Waals surface area contributed by atoms with Gasteiger partial charge in [0.2, 0.25) is 0 Å². The predicted octanol–water partition coefficient (Wildman–Crippen LogP) is 3.52. The zero-order chi connectivity index (χ0) is 31.6. The second-order valence-electron chi connectivity index (χ2n) is 9.52. The maximum atomic E-state index is 14.2. The number of carbonyl (C=O) groups excluding carboxylic acids is 1. The SMILES string of the molecule is CCCOc1c(OC)cccc1[C@H]1C(C(=O)OCCOC)=C(C)N=c2s/c(=C/c3ccc(OCC#N)c(OCC)c3)c(=O)n21. The van der Waals surface area contributed by atoms with Crippen molar-refractivity contribution in [2.75, 3.05) is 47.3 Å². The van der Waals surface area contributed by atoms with E-state index in [1.54, 1.807) is 43.3 Å². The number of ether oxygens (including phenoxy) is 6. The van der Waals surface area contributed by atoms with Crippen LogP contribution in [-0.2, 0) is 14.3 Å². The zero-order valence-corrected chi connectivity index (χ0v) is 26.2. The average molecular weight is 622 g/mol. The Labute approximate surface area is 259 Å². The first-order valence-corrected chi connectivity index (χ1v) is 14.9. The molecule has 1 atom stereocenters. The Morgan fingerprint density at radius 1 is 1.07 bits per heavy atom. The number of fused-ring (bicyclic) bond motifs is 1. The van der Waals surface area contributed by atoms with Gasteiger partial charge in [-0.15, -0.1) is 0 Å². The average Bonchev–Trinajstić information content (AvgIpc) is 3.32. The molecule has 232 valence electrons. The number of allylic oxidation sites excluding steroid dienone is 1. The van der Waals surface area contributed by atoms with Gasteiger partial charge in [0.05, 0.1) is 42.7 Å². The monoisotopic (exact) mass is 621 g/mol. The van der Waals surface area contributed by atoms with E-state index in [0.29, 0.717) is 62.4 Å². The molecule has 2 heterocycles. The quantitative estimate of drug-likeness (QED) is 0.196. The minimum Gasteiger partial charge on any atom is -0.493 e. The summed E-state index contributed by atoms with van der Waals surface area (Å²) in [6, 6.07) is 11.6. The van der Waals surface area contributed by atoms with E-state index in [0.717, 1.165) is 6.42 Å². The number of thiazole rings is 1. The highest BCUT2D eigenvalue weighted by molar-refractivity contribution is 7.07. The third-order valence-electron chi connectivity index (χ3n) is 6.59. The van der Waals surface area contributed by atoms with Crippen molar-refractivity contribution in [1.29, 1.82) is 5.26 Å². The fraction of sp³-hybridized carbons (Fsp3) is 0.375. The summed E-state index contributed by atoms with van der Waals surface area (Å²) in [4.78, 5) is 32.8. The molecule has 0 aliphatic carbocycles. The van der Waals surface area contributed by atoms with Crippen LogP contribution in [0.1, 0.15) is 44.4 Å². The fourth-order valence-electron chi connectivity index (χ4n) is 4.70. The normalized spacial score (nSPS) is 14.4. The lowest BCUT2D eigenvalue weighted by atomic mass is 9.94. The molecule has 0 saturated heterocycles. The van der Waals surface area contributed by atoms with Crippen LogP contribution < -0.4 is 33.8 Å². The molecule has 0 spiro atoms. The van der Waals surface area contributed by atoms with Gasteiger partial charge in [-0.05, 0) is 50.1 Å². The van der Waals surface area contributed by atoms with E-state index in [1.165, 1.54) is 30.1 Å². The van der Waals surface area contributed by atoms with Gasteiger partial charge in [0.15, 0.2) is 34.4 Å². The van der Waals surface area contributed by atoms with Gasteiger partial charge in [-0.2, -0.15) is 5.26 Å². The van der Waals surface area contributed by atoms with E-state index < -0.39 is 12.0 Å². The standard InChI is InChI=1S/C32H35N3O8S/c1-6-14-42-29-22(9-8-10-24(29)39-5)28-27(31(37)43-17-16-38-4)20(3)34-32-35(28)30(36)26(44-32)19-21-11-12-23(41-15-13-33)25(18-21)40-7-2/h8-12,18-19,28H,6-7,14-17H2,1-5H3/b26-19+/t28-/m0/s1. The third kappa shape index (κ3) is 6.96. The molecule has 3 aromatic rings. The van der Waals surface area contributed by atoms with Crippen molar-refractivity contribution in [1.82, 2.24) is 4.57 Å². The van der Waals surface area contributed by atoms with Gasteiger partial charge in [-0.25, -0.2) is 9.79 Å². The summed E-state index contributed by atoms with van der Waals surface area (Å²) in [5.74, 6) is 1.18. The van der Waals surface area contributed by atoms with E-state index in [-0.39, 0.29) is 31.0 Å². The summed E-state index contributed by atoms with van der Waals surface area (Å²) < 4.78 is 35.4. The lowest BCUT2D eigenvalue weighted by molar-refractivity contribution is -0.140. The maximum absolute atomic E-state index is 14.2. The largest absolute Gasteiger partial charge is 0.493 e. The molecule has 1 aliphatic rings. The highest BCUT2D eigenvalue weighted by Crippen LogP contribution is 2.41. The molecule has 11 nitrogen and oxygen atoms in total. The minimum absolute atomic E-state index is 0.0385. The molecule has 0 bridgehead atoms. The molecule has 1 aromatic heterocycles. The van der Waals surface area contributed by atoms with Crippen molar-refractivity contribution in [3.8, 4) is 29.1 Å². The number of methoxy groups -OCH3 is 2. The summed E-state index contributed by atoms with van der Waals surface area (Å²) >= 11 is 1.20. The van der Waals surface area contributed by atoms with Crippen LogP contribution in [0.5, 0.6) is 23.0 Å². The molecule has 0 amide bonds. The van der Waals surface area contributed by atoms with Crippen molar-refractivity contribution in [2.45, 2.75) is 33.2 Å². The van der Waals surface area contributed by atoms with Gasteiger partial charge in [0.25, 0.3) is 5.56 Å². The molecule has 0 saturated carbocycles. The number of nitrogens with zero attached hydrogens (tertiary/aromatic N) is 3. The number of aromatic nitrogens is 1. The summed E-state index contributed by atoms with van der Waals surface area (Å²) in [7, 11) is 3.06. The van der Waals surface area contributed by atoms with Crippen LogP contribution in [-0.4, -0.2) is 57.8 Å². The Hall–Kier alpha value is -4.60. The van der Waals surface area contributed by atoms with Crippen molar-refractivity contribution < 1.29 is 33.2 Å². The van der Waals surface area contributed by atoms with Gasteiger partial charge in [-0.3, -0.25) is 9.36 Å². The topological polar surface area (TPSA) is 131 Å². The number of carbonyl (C=O) groups is 1. The van der Waals surface area contributed by atoms with Crippen LogP contribution >= 0.6 is 11.3 Å². The molecule has 4 rings (SSSR count). The third-order valence-corrected chi connectivity index (χ3v) is 7.58. The summed E-state index contributed by atoms with van der Waals surface area (Å²) in [5, 5.41) is 8.91. The van der Waals surface area contributed by atoms with Crippen molar-refractivity contribution in [3.05, 3.63) is 78.5 Å². The maximum Gasteiger partial charge on any atom is 0.338 e. The van der Waals surface area contributed by atoms with E-state index >= 15 is 0 Å². The second kappa shape index (κ2) is 15.2. The van der Waals surface area contributed by atoms with Crippen molar-refractivity contribution >= 4 is 23.4 Å².